The summed E-state index contributed by atoms with van der Waals surface area (Å²) in [6.45, 7) is 1.10. The van der Waals surface area contributed by atoms with E-state index in [4.69, 9.17) is 4.74 Å². The van der Waals surface area contributed by atoms with E-state index in [9.17, 15) is 12.9 Å². The van der Waals surface area contributed by atoms with Crippen molar-refractivity contribution in [3.8, 4) is 5.75 Å². The average Bonchev–Trinajstić information content (AvgIpc) is 2.36. The van der Waals surface area contributed by atoms with Crippen LogP contribution < -0.4 is 61.6 Å². The molecule has 0 aliphatic heterocycles. The van der Waals surface area contributed by atoms with E-state index in [0.29, 0.717) is 0 Å². The van der Waals surface area contributed by atoms with Crippen LogP contribution in [0.3, 0.4) is 0 Å². The van der Waals surface area contributed by atoms with E-state index in [-0.39, 0.29) is 63.7 Å². The Balaban J connectivity index is 0.00000242. The summed E-state index contributed by atoms with van der Waals surface area (Å²) in [5.41, 5.74) is 3.53. The van der Waals surface area contributed by atoms with E-state index >= 15 is 0 Å². The maximum atomic E-state index is 12.7. The third-order valence-corrected chi connectivity index (χ3v) is 3.34. The molecule has 0 bridgehead atoms. The Kier molecular flexibility index (Phi) is 7.14. The molecular weight excluding hydrogens is 317 g/mol. The Hall–Kier alpha value is -0.339. The Morgan fingerprint density at radius 2 is 1.59 bits per heavy atom. The van der Waals surface area contributed by atoms with E-state index in [1.54, 1.807) is 0 Å². The van der Waals surface area contributed by atoms with E-state index < -0.39 is 12.4 Å². The van der Waals surface area contributed by atoms with Gasteiger partial charge in [0.2, 0.25) is 0 Å². The fourth-order valence-corrected chi connectivity index (χ4v) is 2.29. The summed E-state index contributed by atoms with van der Waals surface area (Å²) in [6.07, 6.45) is 2.11. The normalized spacial score (nSPS) is 11.0. The third-order valence-electron chi connectivity index (χ3n) is 3.34. The Morgan fingerprint density at radius 1 is 1.00 bits per heavy atom. The molecule has 0 fully saturated rings. The van der Waals surface area contributed by atoms with Crippen molar-refractivity contribution in [2.24, 2.45) is 0 Å². The van der Waals surface area contributed by atoms with Crippen LogP contribution in [0.25, 0.3) is 0 Å². The minimum absolute atomic E-state index is 0. The van der Waals surface area contributed by atoms with Crippen LogP contribution in [0, 0.1) is 20.8 Å². The molecule has 0 aliphatic carbocycles. The van der Waals surface area contributed by atoms with E-state index in [1.807, 2.05) is 32.9 Å². The molecule has 0 N–H and O–H groups in total. The summed E-state index contributed by atoms with van der Waals surface area (Å²) in [4.78, 5) is 3.59. The van der Waals surface area contributed by atoms with Gasteiger partial charge in [-0.2, -0.15) is 0 Å². The van der Waals surface area contributed by atoms with Crippen LogP contribution in [0.5, 0.6) is 5.75 Å². The fraction of sp³-hybridized carbons (Fsp3) is 0.267. The number of benzene rings is 1. The second-order valence-corrected chi connectivity index (χ2v) is 5.19. The molecule has 0 atom stereocenters. The largest absolute Gasteiger partial charge is 1.00 e. The topological polar surface area (TPSA) is 22.1 Å². The van der Waals surface area contributed by atoms with Gasteiger partial charge in [-0.3, -0.25) is 4.98 Å². The molecule has 2 aromatic rings. The molecule has 22 heavy (non-hydrogen) atoms. The van der Waals surface area contributed by atoms with Crippen molar-refractivity contribution >= 4 is 12.4 Å². The molecule has 0 saturated heterocycles. The minimum atomic E-state index is -5.06. The van der Waals surface area contributed by atoms with E-state index in [1.165, 1.54) is 6.20 Å². The summed E-state index contributed by atoms with van der Waals surface area (Å²) in [5.74, 6) is 0.131. The van der Waals surface area contributed by atoms with E-state index in [2.05, 4.69) is 4.98 Å². The number of aryl methyl sites for hydroxylation is 3. The summed E-state index contributed by atoms with van der Waals surface area (Å²) >= 11 is 0. The predicted octanol–water partition coefficient (Wildman–Crippen LogP) is 0.644. The van der Waals surface area contributed by atoms with Crippen LogP contribution in [0.4, 0.5) is 12.9 Å². The summed E-state index contributed by atoms with van der Waals surface area (Å²) < 4.78 is 43.5. The van der Waals surface area contributed by atoms with Gasteiger partial charge in [0.15, 0.2) is 0 Å². The van der Waals surface area contributed by atoms with Gasteiger partial charge >= 0.3 is 58.4 Å². The zero-order chi connectivity index (χ0) is 15.6. The van der Waals surface area contributed by atoms with Gasteiger partial charge in [-0.15, -0.1) is 0 Å². The van der Waals surface area contributed by atoms with Crippen LogP contribution in [0.1, 0.15) is 22.3 Å². The van der Waals surface area contributed by atoms with Crippen LogP contribution >= 0.6 is 0 Å². The number of hydrogen-bond donors (Lipinski definition) is 0. The number of nitrogens with zero attached hydrogens (tertiary/aromatic N) is 1. The molecule has 2 rings (SSSR count). The molecule has 0 aliphatic rings. The zero-order valence-corrected chi connectivity index (χ0v) is 16.3. The molecule has 1 heterocycles. The van der Waals surface area contributed by atoms with Crippen molar-refractivity contribution in [1.29, 1.82) is 0 Å². The molecule has 0 amide bonds. The Morgan fingerprint density at radius 3 is 2.14 bits per heavy atom. The van der Waals surface area contributed by atoms with Gasteiger partial charge in [0.1, 0.15) is 12.4 Å². The number of rotatable bonds is 4. The molecule has 0 unspecified atom stereocenters. The SMILES string of the molecule is Cc1cc(C)c(COc2cncc([B-](F)(F)F)c2)c(C)c1.[K+]. The molecule has 0 saturated carbocycles. The van der Waals surface area contributed by atoms with Crippen LogP contribution in [0.15, 0.2) is 30.6 Å². The Bertz CT molecular complexity index is 638. The first-order chi connectivity index (χ1) is 9.77. The molecule has 7 heteroatoms. The minimum Gasteiger partial charge on any atom is -0.487 e. The van der Waals surface area contributed by atoms with Gasteiger partial charge in [0.25, 0.3) is 0 Å². The van der Waals surface area contributed by atoms with Gasteiger partial charge in [0, 0.05) is 6.20 Å². The summed E-state index contributed by atoms with van der Waals surface area (Å²) in [6, 6.07) is 5.05. The van der Waals surface area contributed by atoms with Gasteiger partial charge in [-0.05, 0) is 43.5 Å². The second-order valence-electron chi connectivity index (χ2n) is 5.19. The monoisotopic (exact) mass is 333 g/mol. The van der Waals surface area contributed by atoms with Gasteiger partial charge in [-0.1, -0.05) is 23.2 Å². The number of aromatic nitrogens is 1. The number of hydrogen-bond acceptors (Lipinski definition) is 2. The fourth-order valence-electron chi connectivity index (χ4n) is 2.29. The van der Waals surface area contributed by atoms with Gasteiger partial charge in [0.05, 0.1) is 6.20 Å². The molecule has 1 aromatic heterocycles. The first kappa shape index (κ1) is 19.7. The molecular formula is C15H16BF3KNO. The van der Waals surface area contributed by atoms with Crippen LogP contribution in [-0.2, 0) is 6.61 Å². The third kappa shape index (κ3) is 5.09. The summed E-state index contributed by atoms with van der Waals surface area (Å²) in [7, 11) is 0. The van der Waals surface area contributed by atoms with Crippen LogP contribution in [-0.4, -0.2) is 12.0 Å². The van der Waals surface area contributed by atoms with Crippen molar-refractivity contribution in [2.75, 3.05) is 0 Å². The van der Waals surface area contributed by atoms with Gasteiger partial charge < -0.3 is 17.7 Å². The quantitative estimate of drug-likeness (QED) is 0.767. The van der Waals surface area contributed by atoms with Crippen molar-refractivity contribution in [3.05, 3.63) is 52.8 Å². The van der Waals surface area contributed by atoms with Crippen molar-refractivity contribution in [2.45, 2.75) is 27.4 Å². The number of halogens is 3. The van der Waals surface area contributed by atoms with E-state index in [0.717, 1.165) is 34.5 Å². The molecule has 112 valence electrons. The Labute approximate surface area is 171 Å². The summed E-state index contributed by atoms with van der Waals surface area (Å²) in [5, 5.41) is 0. The van der Waals surface area contributed by atoms with Gasteiger partial charge in [-0.25, -0.2) is 0 Å². The number of pyridine rings is 1. The zero-order valence-electron chi connectivity index (χ0n) is 13.2. The van der Waals surface area contributed by atoms with Crippen LogP contribution in [0.2, 0.25) is 0 Å². The maximum Gasteiger partial charge on any atom is 1.00 e. The number of ether oxygens (including phenoxy) is 1. The standard InChI is InChI=1S/C15H16BF3NO.K/c1-10-4-11(2)15(12(3)5-10)9-21-14-6-13(7-20-8-14)16(17,18)19;/h4-8H,9H2,1-3H3;/q-1;+1. The van der Waals surface area contributed by atoms with Crippen molar-refractivity contribution < 1.29 is 69.1 Å². The average molecular weight is 333 g/mol. The molecule has 0 spiro atoms. The smallest absolute Gasteiger partial charge is 0.487 e. The predicted molar refractivity (Wildman–Crippen MR) is 77.9 cm³/mol. The molecule has 1 aromatic carbocycles. The molecule has 0 radical (unpaired) electrons. The second kappa shape index (κ2) is 7.97. The van der Waals surface area contributed by atoms with Crippen molar-refractivity contribution in [3.63, 3.8) is 0 Å². The molecule has 2 nitrogen and oxygen atoms in total. The first-order valence-corrected chi connectivity index (χ1v) is 6.62. The maximum absolute atomic E-state index is 12.7. The first-order valence-electron chi connectivity index (χ1n) is 6.62. The van der Waals surface area contributed by atoms with Crippen molar-refractivity contribution in [1.82, 2.24) is 4.98 Å².